The summed E-state index contributed by atoms with van der Waals surface area (Å²) in [6, 6.07) is 5.03. The highest BCUT2D eigenvalue weighted by Gasteiger charge is 2.31. The van der Waals surface area contributed by atoms with Gasteiger partial charge in [0.2, 0.25) is 0 Å². The largest absolute Gasteiger partial charge is 0.396 e. The highest BCUT2D eigenvalue weighted by molar-refractivity contribution is 9.10. The molecule has 0 radical (unpaired) electrons. The average molecular weight is 316 g/mol. The van der Waals surface area contributed by atoms with E-state index in [1.54, 1.807) is 6.07 Å². The van der Waals surface area contributed by atoms with Gasteiger partial charge in [-0.15, -0.1) is 0 Å². The Morgan fingerprint density at radius 3 is 2.61 bits per heavy atom. The monoisotopic (exact) mass is 315 g/mol. The number of aliphatic hydroxyl groups excluding tert-OH is 1. The van der Waals surface area contributed by atoms with E-state index in [4.69, 9.17) is 0 Å². The second kappa shape index (κ2) is 6.02. The SMILES string of the molecule is OCC1(CNc2ccc(Br)c(F)c2)CCCCC1. The van der Waals surface area contributed by atoms with Crippen LogP contribution in [-0.2, 0) is 0 Å². The highest BCUT2D eigenvalue weighted by atomic mass is 79.9. The van der Waals surface area contributed by atoms with E-state index in [1.165, 1.54) is 25.3 Å². The summed E-state index contributed by atoms with van der Waals surface area (Å²) >= 11 is 3.14. The molecule has 1 aliphatic rings. The lowest BCUT2D eigenvalue weighted by Gasteiger charge is -2.36. The number of aliphatic hydroxyl groups is 1. The van der Waals surface area contributed by atoms with Gasteiger partial charge in [-0.25, -0.2) is 4.39 Å². The molecule has 0 saturated heterocycles. The molecule has 0 atom stereocenters. The van der Waals surface area contributed by atoms with Crippen LogP contribution in [0.1, 0.15) is 32.1 Å². The molecule has 1 aromatic carbocycles. The van der Waals surface area contributed by atoms with Gasteiger partial charge in [0, 0.05) is 17.6 Å². The van der Waals surface area contributed by atoms with E-state index in [0.29, 0.717) is 11.0 Å². The molecule has 2 N–H and O–H groups in total. The minimum Gasteiger partial charge on any atom is -0.396 e. The third kappa shape index (κ3) is 3.23. The highest BCUT2D eigenvalue weighted by Crippen LogP contribution is 2.36. The van der Waals surface area contributed by atoms with Gasteiger partial charge in [-0.3, -0.25) is 0 Å². The zero-order valence-electron chi connectivity index (χ0n) is 10.4. The first-order chi connectivity index (χ1) is 8.65. The molecule has 2 nitrogen and oxygen atoms in total. The van der Waals surface area contributed by atoms with Crippen LogP contribution in [0.2, 0.25) is 0 Å². The van der Waals surface area contributed by atoms with Gasteiger partial charge >= 0.3 is 0 Å². The van der Waals surface area contributed by atoms with Crippen LogP contribution >= 0.6 is 15.9 Å². The third-order valence-corrected chi connectivity index (χ3v) is 4.48. The molecule has 0 aliphatic heterocycles. The Bertz CT molecular complexity index is 405. The minimum atomic E-state index is -0.262. The summed E-state index contributed by atoms with van der Waals surface area (Å²) in [5, 5.41) is 12.9. The maximum absolute atomic E-state index is 13.4. The van der Waals surface area contributed by atoms with Crippen LogP contribution in [0.3, 0.4) is 0 Å². The van der Waals surface area contributed by atoms with E-state index in [2.05, 4.69) is 21.2 Å². The van der Waals surface area contributed by atoms with Crippen LogP contribution < -0.4 is 5.32 Å². The smallest absolute Gasteiger partial charge is 0.139 e. The van der Waals surface area contributed by atoms with Gasteiger partial charge in [-0.05, 0) is 47.0 Å². The Hall–Kier alpha value is -0.610. The zero-order chi connectivity index (χ0) is 13.0. The lowest BCUT2D eigenvalue weighted by Crippen LogP contribution is -2.35. The molecular weight excluding hydrogens is 297 g/mol. The molecule has 100 valence electrons. The lowest BCUT2D eigenvalue weighted by molar-refractivity contribution is 0.0944. The molecule has 1 saturated carbocycles. The Labute approximate surface area is 116 Å². The second-order valence-electron chi connectivity index (χ2n) is 5.20. The molecule has 0 unspecified atom stereocenters. The number of benzene rings is 1. The average Bonchev–Trinajstić information content (AvgIpc) is 2.41. The molecule has 1 aliphatic carbocycles. The zero-order valence-corrected chi connectivity index (χ0v) is 12.0. The molecule has 0 bridgehead atoms. The maximum Gasteiger partial charge on any atom is 0.139 e. The van der Waals surface area contributed by atoms with Crippen LogP contribution in [0.5, 0.6) is 0 Å². The topological polar surface area (TPSA) is 32.3 Å². The van der Waals surface area contributed by atoms with E-state index in [1.807, 2.05) is 6.07 Å². The summed E-state index contributed by atoms with van der Waals surface area (Å²) in [5.41, 5.74) is 0.746. The summed E-state index contributed by atoms with van der Waals surface area (Å²) in [6.07, 6.45) is 5.72. The van der Waals surface area contributed by atoms with Crippen molar-refractivity contribution >= 4 is 21.6 Å². The fourth-order valence-corrected chi connectivity index (χ4v) is 2.83. The van der Waals surface area contributed by atoms with E-state index in [9.17, 15) is 9.50 Å². The van der Waals surface area contributed by atoms with Crippen molar-refractivity contribution in [3.8, 4) is 0 Å². The quantitative estimate of drug-likeness (QED) is 0.882. The first kappa shape index (κ1) is 13.8. The first-order valence-corrected chi connectivity index (χ1v) is 7.24. The normalized spacial score (nSPS) is 18.6. The first-order valence-electron chi connectivity index (χ1n) is 6.45. The summed E-state index contributed by atoms with van der Waals surface area (Å²) in [6.45, 7) is 0.920. The maximum atomic E-state index is 13.4. The van der Waals surface area contributed by atoms with Crippen molar-refractivity contribution in [3.63, 3.8) is 0 Å². The number of nitrogens with one attached hydrogen (secondary N) is 1. The van der Waals surface area contributed by atoms with Crippen LogP contribution in [0.25, 0.3) is 0 Å². The predicted molar refractivity (Wildman–Crippen MR) is 75.2 cm³/mol. The van der Waals surface area contributed by atoms with Crippen molar-refractivity contribution < 1.29 is 9.50 Å². The summed E-state index contributed by atoms with van der Waals surface area (Å²) in [7, 11) is 0. The molecule has 0 heterocycles. The van der Waals surface area contributed by atoms with Gasteiger partial charge in [0.25, 0.3) is 0 Å². The van der Waals surface area contributed by atoms with Crippen LogP contribution in [0.4, 0.5) is 10.1 Å². The fraction of sp³-hybridized carbons (Fsp3) is 0.571. The number of rotatable bonds is 4. The molecular formula is C14H19BrFNO. The van der Waals surface area contributed by atoms with Crippen LogP contribution in [0.15, 0.2) is 22.7 Å². The summed E-state index contributed by atoms with van der Waals surface area (Å²) < 4.78 is 13.9. The Balaban J connectivity index is 1.98. The Kier molecular flexibility index (Phi) is 4.62. The molecule has 1 fully saturated rings. The lowest BCUT2D eigenvalue weighted by atomic mass is 9.74. The Morgan fingerprint density at radius 2 is 2.00 bits per heavy atom. The van der Waals surface area contributed by atoms with E-state index in [-0.39, 0.29) is 17.8 Å². The number of hydrogen-bond acceptors (Lipinski definition) is 2. The van der Waals surface area contributed by atoms with Gasteiger partial charge < -0.3 is 10.4 Å². The minimum absolute atomic E-state index is 0.0260. The third-order valence-electron chi connectivity index (χ3n) is 3.84. The molecule has 2 rings (SSSR count). The van der Waals surface area contributed by atoms with E-state index >= 15 is 0 Å². The van der Waals surface area contributed by atoms with Gasteiger partial charge in [0.05, 0.1) is 11.1 Å². The molecule has 0 amide bonds. The number of halogens is 2. The van der Waals surface area contributed by atoms with Crippen molar-refractivity contribution in [1.82, 2.24) is 0 Å². The van der Waals surface area contributed by atoms with Gasteiger partial charge in [-0.2, -0.15) is 0 Å². The van der Waals surface area contributed by atoms with Crippen molar-refractivity contribution in [2.75, 3.05) is 18.5 Å². The fourth-order valence-electron chi connectivity index (χ4n) is 2.59. The standard InChI is InChI=1S/C14H19BrFNO/c15-12-5-4-11(8-13(12)16)17-9-14(10-18)6-2-1-3-7-14/h4-5,8,17-18H,1-3,6-7,9-10H2. The molecule has 1 aromatic rings. The van der Waals surface area contributed by atoms with Crippen molar-refractivity contribution in [1.29, 1.82) is 0 Å². The molecule has 0 spiro atoms. The molecule has 4 heteroatoms. The number of anilines is 1. The van der Waals surface area contributed by atoms with Crippen molar-refractivity contribution in [2.45, 2.75) is 32.1 Å². The van der Waals surface area contributed by atoms with Crippen molar-refractivity contribution in [3.05, 3.63) is 28.5 Å². The van der Waals surface area contributed by atoms with Gasteiger partial charge in [-0.1, -0.05) is 19.3 Å². The molecule has 0 aromatic heterocycles. The molecule has 18 heavy (non-hydrogen) atoms. The van der Waals surface area contributed by atoms with Crippen LogP contribution in [0, 0.1) is 11.2 Å². The van der Waals surface area contributed by atoms with Crippen molar-refractivity contribution in [2.24, 2.45) is 5.41 Å². The Morgan fingerprint density at radius 1 is 1.28 bits per heavy atom. The van der Waals surface area contributed by atoms with Gasteiger partial charge in [0.1, 0.15) is 5.82 Å². The summed E-state index contributed by atoms with van der Waals surface area (Å²) in [4.78, 5) is 0. The number of hydrogen-bond donors (Lipinski definition) is 2. The van der Waals surface area contributed by atoms with Gasteiger partial charge in [0.15, 0.2) is 0 Å². The van der Waals surface area contributed by atoms with E-state index in [0.717, 1.165) is 18.5 Å². The summed E-state index contributed by atoms with van der Waals surface area (Å²) in [5.74, 6) is -0.262. The second-order valence-corrected chi connectivity index (χ2v) is 6.06. The van der Waals surface area contributed by atoms with E-state index < -0.39 is 0 Å². The predicted octanol–water partition coefficient (Wildman–Crippen LogP) is 3.94. The van der Waals surface area contributed by atoms with Crippen LogP contribution in [-0.4, -0.2) is 18.3 Å².